The van der Waals surface area contributed by atoms with Crippen LogP contribution in [0.15, 0.2) is 42.9 Å². The number of fused-ring (bicyclic) bond motifs is 4. The topological polar surface area (TPSA) is 88.1 Å². The van der Waals surface area contributed by atoms with Crippen molar-refractivity contribution < 1.29 is 9.47 Å². The summed E-state index contributed by atoms with van der Waals surface area (Å²) < 4.78 is 15.1. The van der Waals surface area contributed by atoms with Crippen molar-refractivity contribution in [3.63, 3.8) is 0 Å². The van der Waals surface area contributed by atoms with Crippen molar-refractivity contribution in [2.24, 2.45) is 5.92 Å². The highest BCUT2D eigenvalue weighted by Gasteiger charge is 2.54. The Morgan fingerprint density at radius 2 is 1.97 bits per heavy atom. The van der Waals surface area contributed by atoms with E-state index in [4.69, 9.17) is 20.2 Å². The third-order valence-corrected chi connectivity index (χ3v) is 8.16. The standard InChI is InChI=1S/C28H31N5O2/c1-28(2)34-24-19(9-7-16-6-8-18-13-17-4-3-5-21(17)32-22(18)12-16)14-23(25(24)35-28)33-11-10-20-26(29)30-15-31-27(20)33/h6,8,10-13,15,19,23-25H,3-5,7,9,14H2,1-2H3,(H2,29,30,31)/t19-,23+,24+,25-/m0/s1. The molecule has 3 aromatic heterocycles. The third kappa shape index (κ3) is 3.52. The van der Waals surface area contributed by atoms with E-state index in [1.807, 2.05) is 19.9 Å². The van der Waals surface area contributed by atoms with Crippen LogP contribution in [0.25, 0.3) is 21.9 Å². The molecule has 7 heteroatoms. The molecule has 1 aliphatic heterocycles. The van der Waals surface area contributed by atoms with Gasteiger partial charge < -0.3 is 19.8 Å². The van der Waals surface area contributed by atoms with Crippen molar-refractivity contribution in [1.82, 2.24) is 19.5 Å². The molecule has 2 N–H and O–H groups in total. The van der Waals surface area contributed by atoms with Gasteiger partial charge in [-0.1, -0.05) is 12.1 Å². The number of benzene rings is 1. The molecule has 7 nitrogen and oxygen atoms in total. The minimum Gasteiger partial charge on any atom is -0.383 e. The summed E-state index contributed by atoms with van der Waals surface area (Å²) >= 11 is 0. The van der Waals surface area contributed by atoms with E-state index in [2.05, 4.69) is 45.0 Å². The molecule has 4 aromatic rings. The number of nitrogens with two attached hydrogens (primary N) is 1. The summed E-state index contributed by atoms with van der Waals surface area (Å²) in [5.41, 5.74) is 12.2. The Labute approximate surface area is 204 Å². The van der Waals surface area contributed by atoms with Crippen molar-refractivity contribution >= 4 is 27.8 Å². The van der Waals surface area contributed by atoms with Crippen LogP contribution in [0.5, 0.6) is 0 Å². The first kappa shape index (κ1) is 21.3. The number of anilines is 1. The van der Waals surface area contributed by atoms with Crippen LogP contribution < -0.4 is 5.73 Å². The van der Waals surface area contributed by atoms with Gasteiger partial charge in [0, 0.05) is 17.3 Å². The van der Waals surface area contributed by atoms with E-state index in [1.54, 1.807) is 0 Å². The molecule has 1 saturated carbocycles. The van der Waals surface area contributed by atoms with Gasteiger partial charge in [-0.3, -0.25) is 4.98 Å². The SMILES string of the molecule is CC1(C)O[C@@H]2[C@@H](CCc3ccc4cc5c(nc4c3)CCC5)C[C@@H](n3ccc4c(N)ncnc43)[C@@H]2O1. The van der Waals surface area contributed by atoms with Crippen LogP contribution in [-0.2, 0) is 28.7 Å². The fourth-order valence-corrected chi connectivity index (χ4v) is 6.55. The van der Waals surface area contributed by atoms with Crippen molar-refractivity contribution in [2.75, 3.05) is 5.73 Å². The van der Waals surface area contributed by atoms with Gasteiger partial charge in [-0.2, -0.15) is 0 Å². The smallest absolute Gasteiger partial charge is 0.163 e. The largest absolute Gasteiger partial charge is 0.383 e. The minimum atomic E-state index is -0.587. The van der Waals surface area contributed by atoms with Gasteiger partial charge in [0.2, 0.25) is 0 Å². The van der Waals surface area contributed by atoms with E-state index in [1.165, 1.54) is 41.4 Å². The number of ether oxygens (including phenoxy) is 2. The number of hydrogen-bond acceptors (Lipinski definition) is 6. The summed E-state index contributed by atoms with van der Waals surface area (Å²) in [6.07, 6.45) is 10.2. The second-order valence-electron chi connectivity index (χ2n) is 10.9. The van der Waals surface area contributed by atoms with Crippen molar-refractivity contribution in [3.8, 4) is 0 Å². The van der Waals surface area contributed by atoms with Gasteiger partial charge in [0.15, 0.2) is 5.79 Å². The van der Waals surface area contributed by atoms with Crippen LogP contribution in [0.1, 0.15) is 56.0 Å². The maximum atomic E-state index is 6.45. The molecule has 0 amide bonds. The van der Waals surface area contributed by atoms with E-state index in [0.717, 1.165) is 42.2 Å². The summed E-state index contributed by atoms with van der Waals surface area (Å²) in [5, 5.41) is 2.14. The summed E-state index contributed by atoms with van der Waals surface area (Å²) in [4.78, 5) is 13.7. The van der Waals surface area contributed by atoms with E-state index >= 15 is 0 Å². The zero-order valence-corrected chi connectivity index (χ0v) is 20.3. The van der Waals surface area contributed by atoms with Gasteiger partial charge in [0.1, 0.15) is 23.9 Å². The Bertz CT molecular complexity index is 1440. The van der Waals surface area contributed by atoms with Crippen LogP contribution in [0, 0.1) is 5.92 Å². The highest BCUT2D eigenvalue weighted by Crippen LogP contribution is 2.49. The second kappa shape index (κ2) is 7.73. The molecule has 1 saturated heterocycles. The normalized spacial score (nSPS) is 27.0. The van der Waals surface area contributed by atoms with Gasteiger partial charge in [0.05, 0.1) is 23.0 Å². The first-order chi connectivity index (χ1) is 16.9. The maximum Gasteiger partial charge on any atom is 0.163 e. The molecular weight excluding hydrogens is 438 g/mol. The number of rotatable bonds is 4. The van der Waals surface area contributed by atoms with Crippen LogP contribution in [-0.4, -0.2) is 37.5 Å². The number of pyridine rings is 1. The predicted octanol–water partition coefficient (Wildman–Crippen LogP) is 4.76. The molecular formula is C28H31N5O2. The van der Waals surface area contributed by atoms with Crippen molar-refractivity contribution in [1.29, 1.82) is 0 Å². The molecule has 35 heavy (non-hydrogen) atoms. The Hall–Kier alpha value is -3.03. The quantitative estimate of drug-likeness (QED) is 0.463. The van der Waals surface area contributed by atoms with Gasteiger partial charge in [0.25, 0.3) is 0 Å². The maximum absolute atomic E-state index is 6.45. The van der Waals surface area contributed by atoms with Crippen molar-refractivity contribution in [3.05, 3.63) is 59.7 Å². The Morgan fingerprint density at radius 1 is 1.09 bits per heavy atom. The number of hydrogen-bond donors (Lipinski definition) is 1. The van der Waals surface area contributed by atoms with Crippen LogP contribution in [0.3, 0.4) is 0 Å². The van der Waals surface area contributed by atoms with Gasteiger partial charge in [-0.05, 0) is 87.6 Å². The molecule has 4 heterocycles. The first-order valence-electron chi connectivity index (χ1n) is 12.8. The molecule has 3 aliphatic rings. The average molecular weight is 470 g/mol. The van der Waals surface area contributed by atoms with Crippen molar-refractivity contribution in [2.45, 2.75) is 76.4 Å². The summed E-state index contributed by atoms with van der Waals surface area (Å²) in [6.45, 7) is 4.03. The molecule has 4 atom stereocenters. The fraction of sp³-hybridized carbons (Fsp3) is 0.464. The molecule has 0 spiro atoms. The molecule has 7 rings (SSSR count). The molecule has 0 bridgehead atoms. The molecule has 1 aromatic carbocycles. The lowest BCUT2D eigenvalue weighted by atomic mass is 9.95. The van der Waals surface area contributed by atoms with E-state index in [9.17, 15) is 0 Å². The zero-order chi connectivity index (χ0) is 23.7. The second-order valence-corrected chi connectivity index (χ2v) is 10.9. The number of aromatic nitrogens is 4. The van der Waals surface area contributed by atoms with E-state index in [0.29, 0.717) is 11.7 Å². The predicted molar refractivity (Wildman–Crippen MR) is 135 cm³/mol. The first-order valence-corrected chi connectivity index (χ1v) is 12.8. The minimum absolute atomic E-state index is 0.0114. The average Bonchev–Trinajstić information content (AvgIpc) is 3.59. The number of nitrogens with zero attached hydrogens (tertiary/aromatic N) is 4. The Kier molecular flexibility index (Phi) is 4.70. The van der Waals surface area contributed by atoms with Crippen LogP contribution in [0.2, 0.25) is 0 Å². The van der Waals surface area contributed by atoms with Gasteiger partial charge in [-0.25, -0.2) is 9.97 Å². The molecule has 2 fully saturated rings. The lowest BCUT2D eigenvalue weighted by Crippen LogP contribution is -2.27. The fourth-order valence-electron chi connectivity index (χ4n) is 6.55. The van der Waals surface area contributed by atoms with Gasteiger partial charge >= 0.3 is 0 Å². The van der Waals surface area contributed by atoms with E-state index < -0.39 is 5.79 Å². The van der Waals surface area contributed by atoms with Crippen LogP contribution in [0.4, 0.5) is 5.82 Å². The summed E-state index contributed by atoms with van der Waals surface area (Å²) in [7, 11) is 0. The zero-order valence-electron chi connectivity index (χ0n) is 20.3. The monoisotopic (exact) mass is 469 g/mol. The lowest BCUT2D eigenvalue weighted by molar-refractivity contribution is -0.160. The Balaban J connectivity index is 1.15. The van der Waals surface area contributed by atoms with Gasteiger partial charge in [-0.15, -0.1) is 0 Å². The van der Waals surface area contributed by atoms with Crippen LogP contribution >= 0.6 is 0 Å². The highest BCUT2D eigenvalue weighted by atomic mass is 16.8. The molecule has 0 unspecified atom stereocenters. The third-order valence-electron chi connectivity index (χ3n) is 8.16. The highest BCUT2D eigenvalue weighted by molar-refractivity contribution is 5.86. The number of aryl methyl sites for hydroxylation is 3. The molecule has 2 aliphatic carbocycles. The molecule has 0 radical (unpaired) electrons. The summed E-state index contributed by atoms with van der Waals surface area (Å²) in [5.74, 6) is 0.322. The summed E-state index contributed by atoms with van der Waals surface area (Å²) in [6, 6.07) is 11.3. The lowest BCUT2D eigenvalue weighted by Gasteiger charge is -2.24. The Morgan fingerprint density at radius 3 is 2.89 bits per heavy atom. The van der Waals surface area contributed by atoms with E-state index in [-0.39, 0.29) is 18.2 Å². The number of nitrogen functional groups attached to an aromatic ring is 1. The molecule has 180 valence electrons.